The molecule has 0 N–H and O–H groups in total. The molecule has 0 unspecified atom stereocenters. The van der Waals surface area contributed by atoms with Gasteiger partial charge in [-0.1, -0.05) is 0 Å². The van der Waals surface area contributed by atoms with E-state index in [9.17, 15) is 0 Å². The normalized spacial score (nSPS) is 0. The second kappa shape index (κ2) is 476. The monoisotopic (exact) mass is 2240 g/mol. The molecule has 0 rings (SSSR count). The van der Waals surface area contributed by atoms with Crippen LogP contribution in [0.1, 0.15) is 0 Å². The minimum atomic E-state index is 0. The average Bonchev–Trinajstić information content (AvgIpc) is 0. The third kappa shape index (κ3) is 456. The molecule has 220 valence electrons. The summed E-state index contributed by atoms with van der Waals surface area (Å²) in [6.07, 6.45) is 0. The van der Waals surface area contributed by atoms with E-state index in [0.29, 0.717) is 0 Å². The third-order valence-electron chi connectivity index (χ3n) is 0. The molecule has 0 aromatic rings. The van der Waals surface area contributed by atoms with Gasteiger partial charge in [0.05, 0.1) is 0 Å². The fraction of sp³-hybridized carbons (Fsp3) is 0. The van der Waals surface area contributed by atoms with Gasteiger partial charge >= 0.3 is 0 Å². The third-order valence-corrected chi connectivity index (χ3v) is 0. The summed E-state index contributed by atoms with van der Waals surface area (Å²) in [5.41, 5.74) is 0. The van der Waals surface area contributed by atoms with Crippen molar-refractivity contribution in [2.45, 2.75) is 0 Å². The summed E-state index contributed by atoms with van der Waals surface area (Å²) < 4.78 is 0. The van der Waals surface area contributed by atoms with Crippen LogP contribution in [0.2, 0.25) is 0 Å². The summed E-state index contributed by atoms with van der Waals surface area (Å²) in [6, 6.07) is 0. The Morgan fingerprint density at radius 2 is 0.0227 bits per heavy atom. The second-order valence-electron chi connectivity index (χ2n) is 0. The molecular formula is V44. The van der Waals surface area contributed by atoms with Crippen LogP contribution in [-0.2, 0) is 816 Å². The molecule has 0 saturated heterocycles. The van der Waals surface area contributed by atoms with Crippen molar-refractivity contribution in [2.75, 3.05) is 0 Å². The van der Waals surface area contributed by atoms with Gasteiger partial charge in [-0.15, -0.1) is 0 Å². The Hall–Kier alpha value is 25.7. The summed E-state index contributed by atoms with van der Waals surface area (Å²) in [6.45, 7) is 0. The maximum Gasteiger partial charge on any atom is 0 e. The molecule has 0 fully saturated rings. The van der Waals surface area contributed by atoms with Gasteiger partial charge in [0.25, 0.3) is 0 Å². The fourth-order valence-corrected chi connectivity index (χ4v) is 0. The van der Waals surface area contributed by atoms with E-state index in [1.54, 1.807) is 0 Å². The van der Waals surface area contributed by atoms with E-state index in [1.807, 2.05) is 0 Å². The van der Waals surface area contributed by atoms with Crippen molar-refractivity contribution in [1.82, 2.24) is 0 Å². The smallest absolute Gasteiger partial charge is 0 e. The van der Waals surface area contributed by atoms with Crippen LogP contribution in [0.5, 0.6) is 0 Å². The van der Waals surface area contributed by atoms with Crippen molar-refractivity contribution < 1.29 is 816 Å². The Labute approximate surface area is 794 Å². The number of hydrogen-bond donors (Lipinski definition) is 0. The first-order valence-corrected chi connectivity index (χ1v) is 0. The van der Waals surface area contributed by atoms with Gasteiger partial charge in [-0.25, -0.2) is 0 Å². The molecule has 0 saturated carbocycles. The SMILES string of the molecule is [V].[V].[V].[V].[V].[V].[V].[V].[V].[V].[V].[V].[V].[V].[V].[V].[V].[V].[V].[V].[V].[V].[V].[V].[V].[V].[V].[V].[V].[V].[V].[V].[V].[V].[V].[V].[V].[V].[V].[V].[V].[V].[V].[V]. The first kappa shape index (κ1) is 498. The van der Waals surface area contributed by atoms with E-state index in [4.69, 9.17) is 0 Å². The van der Waals surface area contributed by atoms with Crippen molar-refractivity contribution in [1.29, 1.82) is 0 Å². The first-order valence-electron chi connectivity index (χ1n) is 0. The molecule has 44 radical (unpaired) electrons. The van der Waals surface area contributed by atoms with Crippen LogP contribution in [0.15, 0.2) is 0 Å². The molecule has 0 heterocycles. The van der Waals surface area contributed by atoms with Crippen LogP contribution in [0.3, 0.4) is 0 Å². The quantitative estimate of drug-likeness (QED) is 0.319. The molecule has 0 aliphatic rings. The zero-order valence-electron chi connectivity index (χ0n) is 19.7. The summed E-state index contributed by atoms with van der Waals surface area (Å²) in [4.78, 5) is 0. The van der Waals surface area contributed by atoms with E-state index < -0.39 is 0 Å². The van der Waals surface area contributed by atoms with E-state index in [1.165, 1.54) is 0 Å². The predicted octanol–water partition coefficient (Wildman–Crippen LogP) is -0.110. The van der Waals surface area contributed by atoms with Gasteiger partial charge in [-0.05, 0) is 0 Å². The maximum absolute atomic E-state index is 0. The number of hydrogen-bond acceptors (Lipinski definition) is 0. The molecule has 0 aromatic heterocycles. The van der Waals surface area contributed by atoms with E-state index >= 15 is 0 Å². The summed E-state index contributed by atoms with van der Waals surface area (Å²) in [7, 11) is 0. The van der Waals surface area contributed by atoms with E-state index in [-0.39, 0.29) is 816 Å². The van der Waals surface area contributed by atoms with Crippen molar-refractivity contribution in [3.05, 3.63) is 0 Å². The largest absolute Gasteiger partial charge is 0 e. The van der Waals surface area contributed by atoms with Gasteiger partial charge < -0.3 is 0 Å². The molecular weight excluding hydrogens is 2240 g/mol. The van der Waals surface area contributed by atoms with E-state index in [2.05, 4.69) is 0 Å². The Morgan fingerprint density at radius 1 is 0.0227 bits per heavy atom. The Morgan fingerprint density at radius 3 is 0.0227 bits per heavy atom. The molecule has 0 aliphatic carbocycles. The predicted molar refractivity (Wildman–Crippen MR) is 0 cm³/mol. The van der Waals surface area contributed by atoms with Gasteiger partial charge in [0.1, 0.15) is 0 Å². The maximum atomic E-state index is 0. The minimum absolute atomic E-state index is 0. The molecule has 44 heavy (non-hydrogen) atoms. The minimum Gasteiger partial charge on any atom is 0 e. The van der Waals surface area contributed by atoms with Crippen LogP contribution in [0, 0.1) is 0 Å². The fourth-order valence-electron chi connectivity index (χ4n) is 0. The molecule has 0 atom stereocenters. The average molecular weight is 2240 g/mol. The van der Waals surface area contributed by atoms with Crippen LogP contribution in [-0.4, -0.2) is 0 Å². The zero-order chi connectivity index (χ0) is 0. The molecule has 44 heteroatoms. The molecule has 0 aliphatic heterocycles. The van der Waals surface area contributed by atoms with Gasteiger partial charge in [0.2, 0.25) is 0 Å². The molecule has 0 aromatic carbocycles. The zero-order valence-corrected chi connectivity index (χ0v) is 81.1. The Balaban J connectivity index is 0. The molecule has 0 spiro atoms. The standard InChI is InChI=1S/44V. The van der Waals surface area contributed by atoms with Crippen LogP contribution < -0.4 is 0 Å². The topological polar surface area (TPSA) is 0 Å². The van der Waals surface area contributed by atoms with Gasteiger partial charge in [0.15, 0.2) is 0 Å². The van der Waals surface area contributed by atoms with Crippen LogP contribution in [0.25, 0.3) is 0 Å². The summed E-state index contributed by atoms with van der Waals surface area (Å²) >= 11 is 0. The van der Waals surface area contributed by atoms with Crippen molar-refractivity contribution in [3.8, 4) is 0 Å². The van der Waals surface area contributed by atoms with Gasteiger partial charge in [-0.2, -0.15) is 0 Å². The Kier molecular flexibility index (Phi) is 5390. The molecule has 0 nitrogen and oxygen atoms in total. The molecule has 0 bridgehead atoms. The van der Waals surface area contributed by atoms with Crippen molar-refractivity contribution in [2.24, 2.45) is 0 Å². The summed E-state index contributed by atoms with van der Waals surface area (Å²) in [5.74, 6) is 0. The van der Waals surface area contributed by atoms with Crippen LogP contribution in [0.4, 0.5) is 0 Å². The van der Waals surface area contributed by atoms with Crippen LogP contribution >= 0.6 is 0 Å². The van der Waals surface area contributed by atoms with Gasteiger partial charge in [-0.3, -0.25) is 0 Å². The second-order valence-corrected chi connectivity index (χ2v) is 0. The molecule has 0 amide bonds. The van der Waals surface area contributed by atoms with Crippen molar-refractivity contribution in [3.63, 3.8) is 0 Å². The van der Waals surface area contributed by atoms with E-state index in [0.717, 1.165) is 0 Å². The Bertz CT molecular complexity index is 0. The number of rotatable bonds is 0. The first-order chi connectivity index (χ1) is 0. The van der Waals surface area contributed by atoms with Gasteiger partial charge in [0, 0.05) is 816 Å². The van der Waals surface area contributed by atoms with Crippen molar-refractivity contribution >= 4 is 0 Å². The summed E-state index contributed by atoms with van der Waals surface area (Å²) in [5, 5.41) is 0.